The van der Waals surface area contributed by atoms with Crippen molar-refractivity contribution in [3.8, 4) is 11.6 Å². The highest BCUT2D eigenvalue weighted by Crippen LogP contribution is 2.41. The van der Waals surface area contributed by atoms with Crippen molar-refractivity contribution in [2.24, 2.45) is 0 Å². The lowest BCUT2D eigenvalue weighted by Gasteiger charge is -2.36. The van der Waals surface area contributed by atoms with E-state index in [0.717, 1.165) is 42.1 Å². The molecule has 0 spiro atoms. The molecule has 132 valence electrons. The van der Waals surface area contributed by atoms with Crippen molar-refractivity contribution in [1.29, 1.82) is 0 Å². The van der Waals surface area contributed by atoms with Gasteiger partial charge in [-0.05, 0) is 30.5 Å². The van der Waals surface area contributed by atoms with Crippen LogP contribution in [0.4, 0.5) is 0 Å². The van der Waals surface area contributed by atoms with Gasteiger partial charge in [-0.3, -0.25) is 4.90 Å². The number of hydrogen-bond donors (Lipinski definition) is 2. The Hall–Kier alpha value is -2.16. The predicted molar refractivity (Wildman–Crippen MR) is 94.2 cm³/mol. The molecule has 3 heterocycles. The summed E-state index contributed by atoms with van der Waals surface area (Å²) in [5, 5.41) is 24.6. The maximum absolute atomic E-state index is 10.7. The van der Waals surface area contributed by atoms with Crippen molar-refractivity contribution in [3.63, 3.8) is 0 Å². The number of thiazole rings is 1. The first-order chi connectivity index (χ1) is 12.2. The second-order valence-corrected chi connectivity index (χ2v) is 7.20. The second-order valence-electron chi connectivity index (χ2n) is 6.19. The zero-order chi connectivity index (χ0) is 17.4. The molecule has 4 rings (SSSR count). The van der Waals surface area contributed by atoms with Crippen LogP contribution in [0.5, 0.6) is 11.6 Å². The molecule has 8 heteroatoms. The first-order valence-electron chi connectivity index (χ1n) is 8.25. The van der Waals surface area contributed by atoms with Gasteiger partial charge in [-0.25, -0.2) is 4.98 Å². The lowest BCUT2D eigenvalue weighted by Crippen LogP contribution is -2.38. The maximum atomic E-state index is 10.7. The van der Waals surface area contributed by atoms with Crippen molar-refractivity contribution in [2.45, 2.75) is 25.0 Å². The molecule has 25 heavy (non-hydrogen) atoms. The number of benzene rings is 1. The fourth-order valence-electron chi connectivity index (χ4n) is 3.36. The number of methoxy groups -OCH3 is 1. The Labute approximate surface area is 149 Å². The molecular weight excluding hydrogens is 340 g/mol. The molecule has 1 saturated heterocycles. The first kappa shape index (κ1) is 16.3. The van der Waals surface area contributed by atoms with Gasteiger partial charge in [0.05, 0.1) is 24.1 Å². The number of nitrogens with zero attached hydrogens (tertiary/aromatic N) is 4. The average molecular weight is 360 g/mol. The maximum Gasteiger partial charge on any atom is 0.230 e. The predicted octanol–water partition coefficient (Wildman–Crippen LogP) is 2.05. The standard InChI is InChI=1S/C17H20N4O3S/c1-24-13-4-2-3-11(9-13)14(20-7-5-12(22)6-8-20)15-16(23)21-17(25-15)18-10-19-21/h2-4,9-10,12,14,22-23H,5-8H2,1H3/t14-/m1/s1. The third-order valence-corrected chi connectivity index (χ3v) is 5.75. The second kappa shape index (κ2) is 6.62. The number of ether oxygens (including phenoxy) is 1. The first-order valence-corrected chi connectivity index (χ1v) is 9.06. The molecule has 1 fully saturated rings. The Balaban J connectivity index is 1.80. The van der Waals surface area contributed by atoms with Gasteiger partial charge < -0.3 is 14.9 Å². The average Bonchev–Trinajstić information content (AvgIpc) is 3.21. The molecule has 1 aromatic carbocycles. The molecule has 1 aliphatic rings. The van der Waals surface area contributed by atoms with Crippen LogP contribution in [0.15, 0.2) is 30.6 Å². The minimum atomic E-state index is -0.252. The van der Waals surface area contributed by atoms with Gasteiger partial charge in [0.15, 0.2) is 0 Å². The molecule has 0 amide bonds. The van der Waals surface area contributed by atoms with E-state index in [1.54, 1.807) is 7.11 Å². The van der Waals surface area contributed by atoms with Crippen molar-refractivity contribution in [3.05, 3.63) is 41.0 Å². The van der Waals surface area contributed by atoms with E-state index in [-0.39, 0.29) is 18.0 Å². The summed E-state index contributed by atoms with van der Waals surface area (Å²) in [6.45, 7) is 1.52. The fourth-order valence-corrected chi connectivity index (χ4v) is 4.45. The van der Waals surface area contributed by atoms with Crippen LogP contribution in [0.25, 0.3) is 4.96 Å². The number of piperidine rings is 1. The molecule has 0 saturated carbocycles. The van der Waals surface area contributed by atoms with Crippen LogP contribution in [-0.4, -0.2) is 56.0 Å². The zero-order valence-corrected chi connectivity index (χ0v) is 14.7. The lowest BCUT2D eigenvalue weighted by molar-refractivity contribution is 0.0689. The van der Waals surface area contributed by atoms with Gasteiger partial charge >= 0.3 is 0 Å². The lowest BCUT2D eigenvalue weighted by atomic mass is 9.99. The smallest absolute Gasteiger partial charge is 0.230 e. The number of aromatic hydroxyl groups is 1. The van der Waals surface area contributed by atoms with E-state index in [0.29, 0.717) is 4.96 Å². The van der Waals surface area contributed by atoms with Crippen molar-refractivity contribution >= 4 is 16.3 Å². The number of aliphatic hydroxyl groups is 1. The van der Waals surface area contributed by atoms with Crippen LogP contribution < -0.4 is 4.74 Å². The summed E-state index contributed by atoms with van der Waals surface area (Å²) in [6, 6.07) is 7.76. The fraction of sp³-hybridized carbons (Fsp3) is 0.412. The summed E-state index contributed by atoms with van der Waals surface area (Å²) >= 11 is 1.44. The van der Waals surface area contributed by atoms with Gasteiger partial charge in [0, 0.05) is 13.1 Å². The molecular formula is C17H20N4O3S. The number of rotatable bonds is 4. The summed E-state index contributed by atoms with van der Waals surface area (Å²) in [4.78, 5) is 7.95. The Bertz CT molecular complexity index is 870. The normalized spacial score (nSPS) is 17.8. The number of aliphatic hydroxyl groups excluding tert-OH is 1. The molecule has 0 bridgehead atoms. The molecule has 0 radical (unpaired) electrons. The molecule has 2 N–H and O–H groups in total. The highest BCUT2D eigenvalue weighted by Gasteiger charge is 2.31. The molecule has 7 nitrogen and oxygen atoms in total. The van der Waals surface area contributed by atoms with Gasteiger partial charge in [0.1, 0.15) is 12.1 Å². The van der Waals surface area contributed by atoms with Gasteiger partial charge in [0.25, 0.3) is 0 Å². The van der Waals surface area contributed by atoms with Crippen LogP contribution in [0.3, 0.4) is 0 Å². The van der Waals surface area contributed by atoms with Crippen LogP contribution in [0.2, 0.25) is 0 Å². The summed E-state index contributed by atoms with van der Waals surface area (Å²) in [5.74, 6) is 0.898. The Morgan fingerprint density at radius 2 is 2.12 bits per heavy atom. The molecule has 3 aromatic rings. The van der Waals surface area contributed by atoms with Crippen LogP contribution in [0, 0.1) is 0 Å². The largest absolute Gasteiger partial charge is 0.497 e. The zero-order valence-electron chi connectivity index (χ0n) is 13.9. The van der Waals surface area contributed by atoms with E-state index in [9.17, 15) is 10.2 Å². The van der Waals surface area contributed by atoms with E-state index in [4.69, 9.17) is 4.74 Å². The molecule has 1 atom stereocenters. The minimum Gasteiger partial charge on any atom is -0.497 e. The van der Waals surface area contributed by atoms with E-state index in [1.165, 1.54) is 22.2 Å². The van der Waals surface area contributed by atoms with E-state index < -0.39 is 0 Å². The van der Waals surface area contributed by atoms with Gasteiger partial charge in [-0.2, -0.15) is 9.61 Å². The van der Waals surface area contributed by atoms with Crippen LogP contribution >= 0.6 is 11.3 Å². The number of fused-ring (bicyclic) bond motifs is 1. The summed E-state index contributed by atoms with van der Waals surface area (Å²) < 4.78 is 6.84. The highest BCUT2D eigenvalue weighted by molar-refractivity contribution is 7.17. The van der Waals surface area contributed by atoms with Gasteiger partial charge in [-0.15, -0.1) is 0 Å². The molecule has 0 unspecified atom stereocenters. The highest BCUT2D eigenvalue weighted by atomic mass is 32.1. The topological polar surface area (TPSA) is 83.1 Å². The number of likely N-dealkylation sites (tertiary alicyclic amines) is 1. The SMILES string of the molecule is COc1cccc([C@H](c2sc3ncnn3c2O)N2CCC(O)CC2)c1. The molecule has 0 aliphatic carbocycles. The Morgan fingerprint density at radius 1 is 1.32 bits per heavy atom. The quantitative estimate of drug-likeness (QED) is 0.741. The Morgan fingerprint density at radius 3 is 2.84 bits per heavy atom. The van der Waals surface area contributed by atoms with Crippen LogP contribution in [-0.2, 0) is 0 Å². The summed E-state index contributed by atoms with van der Waals surface area (Å²) in [6.07, 6.45) is 2.63. The summed E-state index contributed by atoms with van der Waals surface area (Å²) in [7, 11) is 1.64. The minimum absolute atomic E-state index is 0.122. The third kappa shape index (κ3) is 2.97. The van der Waals surface area contributed by atoms with Crippen molar-refractivity contribution in [1.82, 2.24) is 19.5 Å². The van der Waals surface area contributed by atoms with Crippen molar-refractivity contribution in [2.75, 3.05) is 20.2 Å². The van der Waals surface area contributed by atoms with E-state index in [1.807, 2.05) is 24.3 Å². The summed E-state index contributed by atoms with van der Waals surface area (Å²) in [5.41, 5.74) is 1.04. The molecule has 2 aromatic heterocycles. The van der Waals surface area contributed by atoms with Gasteiger partial charge in [0.2, 0.25) is 10.8 Å². The third-order valence-electron chi connectivity index (χ3n) is 4.66. The van der Waals surface area contributed by atoms with E-state index in [2.05, 4.69) is 15.0 Å². The van der Waals surface area contributed by atoms with E-state index >= 15 is 0 Å². The Kier molecular flexibility index (Phi) is 4.32. The van der Waals surface area contributed by atoms with Gasteiger partial charge in [-0.1, -0.05) is 23.5 Å². The number of aromatic nitrogens is 3. The van der Waals surface area contributed by atoms with Crippen LogP contribution in [0.1, 0.15) is 29.3 Å². The van der Waals surface area contributed by atoms with Crippen molar-refractivity contribution < 1.29 is 14.9 Å². The molecule has 1 aliphatic heterocycles. The number of hydrogen-bond acceptors (Lipinski definition) is 7. The monoisotopic (exact) mass is 360 g/mol.